The van der Waals surface area contributed by atoms with Gasteiger partial charge in [0.2, 0.25) is 0 Å². The van der Waals surface area contributed by atoms with Gasteiger partial charge in [0.1, 0.15) is 0 Å². The Morgan fingerprint density at radius 1 is 1.11 bits per heavy atom. The molecule has 1 amide bonds. The van der Waals surface area contributed by atoms with Gasteiger partial charge in [0.05, 0.1) is 5.56 Å². The maximum atomic E-state index is 12.3. The van der Waals surface area contributed by atoms with E-state index in [1.165, 1.54) is 0 Å². The van der Waals surface area contributed by atoms with Crippen molar-refractivity contribution < 1.29 is 4.79 Å². The van der Waals surface area contributed by atoms with E-state index < -0.39 is 0 Å². The van der Waals surface area contributed by atoms with E-state index in [9.17, 15) is 4.79 Å². The Morgan fingerprint density at radius 3 is 2.42 bits per heavy atom. The molecule has 0 saturated heterocycles. The highest BCUT2D eigenvalue weighted by Gasteiger charge is 2.14. The molecular formula is C15H17N3O. The molecule has 4 N–H and O–H groups in total. The molecule has 0 aliphatic rings. The van der Waals surface area contributed by atoms with Gasteiger partial charge >= 0.3 is 0 Å². The van der Waals surface area contributed by atoms with Gasteiger partial charge in [-0.2, -0.15) is 0 Å². The van der Waals surface area contributed by atoms with E-state index >= 15 is 0 Å². The van der Waals surface area contributed by atoms with Crippen LogP contribution in [0.25, 0.3) is 0 Å². The first kappa shape index (κ1) is 13.0. The van der Waals surface area contributed by atoms with Crippen molar-refractivity contribution in [1.29, 1.82) is 0 Å². The molecule has 2 aromatic rings. The average molecular weight is 255 g/mol. The first-order valence-electron chi connectivity index (χ1n) is 6.02. The van der Waals surface area contributed by atoms with Crippen molar-refractivity contribution in [3.8, 4) is 0 Å². The highest BCUT2D eigenvalue weighted by Crippen LogP contribution is 2.18. The molecule has 19 heavy (non-hydrogen) atoms. The van der Waals surface area contributed by atoms with Gasteiger partial charge in [0.25, 0.3) is 5.91 Å². The maximum absolute atomic E-state index is 12.3. The molecule has 0 bridgehead atoms. The third-order valence-electron chi connectivity index (χ3n) is 2.92. The van der Waals surface area contributed by atoms with Crippen LogP contribution in [-0.4, -0.2) is 17.9 Å². The van der Waals surface area contributed by atoms with E-state index in [1.807, 2.05) is 30.3 Å². The number of hydrogen-bond acceptors (Lipinski definition) is 3. The maximum Gasteiger partial charge on any atom is 0.255 e. The number of nitrogens with two attached hydrogens (primary N) is 2. The molecule has 0 spiro atoms. The summed E-state index contributed by atoms with van der Waals surface area (Å²) < 4.78 is 0. The Morgan fingerprint density at radius 2 is 1.79 bits per heavy atom. The minimum absolute atomic E-state index is 0.110. The Kier molecular flexibility index (Phi) is 3.71. The Bertz CT molecular complexity index is 581. The molecule has 0 fully saturated rings. The van der Waals surface area contributed by atoms with Gasteiger partial charge < -0.3 is 16.4 Å². The van der Waals surface area contributed by atoms with Gasteiger partial charge in [-0.05, 0) is 23.8 Å². The number of carbonyl (C=O) groups is 1. The lowest BCUT2D eigenvalue weighted by atomic mass is 10.1. The smallest absolute Gasteiger partial charge is 0.255 e. The van der Waals surface area contributed by atoms with Gasteiger partial charge in [-0.1, -0.05) is 30.3 Å². The molecule has 0 radical (unpaired) electrons. The minimum Gasteiger partial charge on any atom is -0.399 e. The number of carbonyl (C=O) groups excluding carboxylic acids is 1. The van der Waals surface area contributed by atoms with Crippen LogP contribution < -0.4 is 11.5 Å². The molecule has 0 aromatic heterocycles. The summed E-state index contributed by atoms with van der Waals surface area (Å²) in [5, 5.41) is 0. The van der Waals surface area contributed by atoms with E-state index in [1.54, 1.807) is 30.1 Å². The lowest BCUT2D eigenvalue weighted by Crippen LogP contribution is -2.27. The number of nitrogens with zero attached hydrogens (tertiary/aromatic N) is 1. The standard InChI is InChI=1S/C15H17N3O/c1-18(10-11-5-3-2-4-6-11)15(19)13-8-7-12(16)9-14(13)17/h2-9H,10,16-17H2,1H3. The van der Waals surface area contributed by atoms with Crippen molar-refractivity contribution in [2.45, 2.75) is 6.54 Å². The lowest BCUT2D eigenvalue weighted by Gasteiger charge is -2.18. The van der Waals surface area contributed by atoms with Crippen LogP contribution in [0.5, 0.6) is 0 Å². The van der Waals surface area contributed by atoms with Crippen LogP contribution in [0, 0.1) is 0 Å². The Hall–Kier alpha value is -2.49. The van der Waals surface area contributed by atoms with E-state index in [4.69, 9.17) is 11.5 Å². The fourth-order valence-corrected chi connectivity index (χ4v) is 1.91. The molecule has 0 heterocycles. The normalized spacial score (nSPS) is 10.2. The van der Waals surface area contributed by atoms with Crippen molar-refractivity contribution in [3.05, 3.63) is 59.7 Å². The fraction of sp³-hybridized carbons (Fsp3) is 0.133. The second-order valence-electron chi connectivity index (χ2n) is 4.49. The van der Waals surface area contributed by atoms with Crippen molar-refractivity contribution in [2.75, 3.05) is 18.5 Å². The summed E-state index contributed by atoms with van der Waals surface area (Å²) in [6.07, 6.45) is 0. The molecule has 0 unspecified atom stereocenters. The number of hydrogen-bond donors (Lipinski definition) is 2. The van der Waals surface area contributed by atoms with Crippen molar-refractivity contribution in [3.63, 3.8) is 0 Å². The highest BCUT2D eigenvalue weighted by atomic mass is 16.2. The number of anilines is 2. The predicted octanol–water partition coefficient (Wildman–Crippen LogP) is 2.12. The monoisotopic (exact) mass is 255 g/mol. The Balaban J connectivity index is 2.15. The molecule has 2 aromatic carbocycles. The fourth-order valence-electron chi connectivity index (χ4n) is 1.91. The Labute approximate surface area is 112 Å². The minimum atomic E-state index is -0.110. The summed E-state index contributed by atoms with van der Waals surface area (Å²) in [5.41, 5.74) is 14.0. The summed E-state index contributed by atoms with van der Waals surface area (Å²) in [4.78, 5) is 13.9. The van der Waals surface area contributed by atoms with Crippen molar-refractivity contribution >= 4 is 17.3 Å². The second kappa shape index (κ2) is 5.44. The molecular weight excluding hydrogens is 238 g/mol. The number of rotatable bonds is 3. The van der Waals surface area contributed by atoms with Crippen LogP contribution in [0.3, 0.4) is 0 Å². The van der Waals surface area contributed by atoms with Gasteiger partial charge in [0.15, 0.2) is 0 Å². The second-order valence-corrected chi connectivity index (χ2v) is 4.49. The van der Waals surface area contributed by atoms with Crippen LogP contribution in [0.4, 0.5) is 11.4 Å². The predicted molar refractivity (Wildman–Crippen MR) is 77.5 cm³/mol. The van der Waals surface area contributed by atoms with E-state index in [0.717, 1.165) is 5.56 Å². The molecule has 4 heteroatoms. The third kappa shape index (κ3) is 3.04. The summed E-state index contributed by atoms with van der Waals surface area (Å²) in [7, 11) is 1.76. The van der Waals surface area contributed by atoms with Crippen molar-refractivity contribution in [2.24, 2.45) is 0 Å². The molecule has 4 nitrogen and oxygen atoms in total. The van der Waals surface area contributed by atoms with E-state index in [-0.39, 0.29) is 5.91 Å². The average Bonchev–Trinajstić information content (AvgIpc) is 2.39. The van der Waals surface area contributed by atoms with Gasteiger partial charge in [-0.3, -0.25) is 4.79 Å². The van der Waals surface area contributed by atoms with Crippen LogP contribution >= 0.6 is 0 Å². The quantitative estimate of drug-likeness (QED) is 0.825. The number of nitrogen functional groups attached to an aromatic ring is 2. The number of amides is 1. The first-order valence-corrected chi connectivity index (χ1v) is 6.02. The van der Waals surface area contributed by atoms with Gasteiger partial charge in [-0.25, -0.2) is 0 Å². The topological polar surface area (TPSA) is 72.3 Å². The molecule has 2 rings (SSSR count). The van der Waals surface area contributed by atoms with Crippen molar-refractivity contribution in [1.82, 2.24) is 4.90 Å². The molecule has 0 saturated carbocycles. The number of benzene rings is 2. The SMILES string of the molecule is CN(Cc1ccccc1)C(=O)c1ccc(N)cc1N. The summed E-state index contributed by atoms with van der Waals surface area (Å²) in [6, 6.07) is 14.8. The lowest BCUT2D eigenvalue weighted by molar-refractivity contribution is 0.0786. The molecule has 0 atom stereocenters. The molecule has 0 aliphatic carbocycles. The summed E-state index contributed by atoms with van der Waals surface area (Å²) in [6.45, 7) is 0.545. The molecule has 0 aliphatic heterocycles. The van der Waals surface area contributed by atoms with Gasteiger partial charge in [-0.15, -0.1) is 0 Å². The zero-order valence-electron chi connectivity index (χ0n) is 10.8. The van der Waals surface area contributed by atoms with E-state index in [0.29, 0.717) is 23.5 Å². The summed E-state index contributed by atoms with van der Waals surface area (Å²) >= 11 is 0. The van der Waals surface area contributed by atoms with Crippen LogP contribution in [0.15, 0.2) is 48.5 Å². The first-order chi connectivity index (χ1) is 9.08. The zero-order valence-corrected chi connectivity index (χ0v) is 10.8. The largest absolute Gasteiger partial charge is 0.399 e. The zero-order chi connectivity index (χ0) is 13.8. The van der Waals surface area contributed by atoms with Crippen LogP contribution in [-0.2, 0) is 6.54 Å². The highest BCUT2D eigenvalue weighted by molar-refractivity contribution is 5.99. The third-order valence-corrected chi connectivity index (χ3v) is 2.92. The van der Waals surface area contributed by atoms with Gasteiger partial charge in [0, 0.05) is 25.0 Å². The van der Waals surface area contributed by atoms with Crippen LogP contribution in [0.1, 0.15) is 15.9 Å². The van der Waals surface area contributed by atoms with Crippen LogP contribution in [0.2, 0.25) is 0 Å². The summed E-state index contributed by atoms with van der Waals surface area (Å²) in [5.74, 6) is -0.110. The van der Waals surface area contributed by atoms with E-state index in [2.05, 4.69) is 0 Å². The molecule has 98 valence electrons.